The predicted octanol–water partition coefficient (Wildman–Crippen LogP) is 7.62. The lowest BCUT2D eigenvalue weighted by molar-refractivity contribution is 0.0690. The number of rotatable bonds is 20. The second kappa shape index (κ2) is 17.4. The molecule has 0 saturated carbocycles. The summed E-state index contributed by atoms with van der Waals surface area (Å²) in [5.41, 5.74) is 0.120. The summed E-state index contributed by atoms with van der Waals surface area (Å²) in [5, 5.41) is 30.8. The first-order chi connectivity index (χ1) is 16.0. The van der Waals surface area contributed by atoms with Gasteiger partial charge in [0, 0.05) is 5.56 Å². The van der Waals surface area contributed by atoms with Crippen LogP contribution in [0.25, 0.3) is 0 Å². The van der Waals surface area contributed by atoms with E-state index in [4.69, 9.17) is 9.47 Å². The van der Waals surface area contributed by atoms with Crippen LogP contribution in [-0.2, 0) is 6.42 Å². The summed E-state index contributed by atoms with van der Waals surface area (Å²) in [6, 6.07) is 0. The maximum absolute atomic E-state index is 11.9. The fourth-order valence-electron chi connectivity index (χ4n) is 3.95. The van der Waals surface area contributed by atoms with Crippen LogP contribution in [0.3, 0.4) is 0 Å². The molecular weight excluding hydrogens is 420 g/mol. The van der Waals surface area contributed by atoms with Crippen LogP contribution in [0.5, 0.6) is 23.0 Å². The molecule has 0 heterocycles. The normalized spacial score (nSPS) is 11.0. The third-order valence-corrected chi connectivity index (χ3v) is 5.94. The summed E-state index contributed by atoms with van der Waals surface area (Å²) in [6.07, 6.45) is 15.3. The third kappa shape index (κ3) is 10.1. The standard InChI is InChI=1S/C27H46O6/c1-4-7-10-12-14-16-19-32-25-21(18-9-6-3)22(27(30)31)23(28)24(29)26(25)33-20-17-15-13-11-8-5-2/h28-29H,4-20H2,1-3H3,(H,30,31). The first-order valence-electron chi connectivity index (χ1n) is 13.1. The van der Waals surface area contributed by atoms with Gasteiger partial charge in [-0.2, -0.15) is 0 Å². The molecule has 0 bridgehead atoms. The van der Waals surface area contributed by atoms with Crippen molar-refractivity contribution in [3.8, 4) is 23.0 Å². The Morgan fingerprint density at radius 2 is 1.09 bits per heavy atom. The molecule has 0 aliphatic heterocycles. The van der Waals surface area contributed by atoms with Crippen molar-refractivity contribution in [1.82, 2.24) is 0 Å². The quantitative estimate of drug-likeness (QED) is 0.135. The highest BCUT2D eigenvalue weighted by Gasteiger charge is 2.29. The minimum Gasteiger partial charge on any atom is -0.504 e. The number of carboxylic acid groups (broad SMARTS) is 1. The van der Waals surface area contributed by atoms with Crippen LogP contribution in [0.1, 0.15) is 127 Å². The van der Waals surface area contributed by atoms with E-state index >= 15 is 0 Å². The Morgan fingerprint density at radius 1 is 0.636 bits per heavy atom. The smallest absolute Gasteiger partial charge is 0.340 e. The van der Waals surface area contributed by atoms with Crippen LogP contribution >= 0.6 is 0 Å². The Labute approximate surface area is 200 Å². The van der Waals surface area contributed by atoms with E-state index in [2.05, 4.69) is 13.8 Å². The SMILES string of the molecule is CCCCCCCCOc1c(O)c(O)c(C(=O)O)c(CCCC)c1OCCCCCCCC. The Morgan fingerprint density at radius 3 is 1.58 bits per heavy atom. The van der Waals surface area contributed by atoms with Gasteiger partial charge in [-0.25, -0.2) is 4.79 Å². The summed E-state index contributed by atoms with van der Waals surface area (Å²) in [7, 11) is 0. The van der Waals surface area contributed by atoms with Gasteiger partial charge in [-0.15, -0.1) is 0 Å². The summed E-state index contributed by atoms with van der Waals surface area (Å²) >= 11 is 0. The zero-order chi connectivity index (χ0) is 24.5. The maximum Gasteiger partial charge on any atom is 0.340 e. The molecular formula is C27H46O6. The molecule has 0 fully saturated rings. The number of phenolic OH excluding ortho intramolecular Hbond substituents is 1. The lowest BCUT2D eigenvalue weighted by Crippen LogP contribution is -2.11. The zero-order valence-electron chi connectivity index (χ0n) is 21.1. The average molecular weight is 467 g/mol. The zero-order valence-corrected chi connectivity index (χ0v) is 21.1. The second-order valence-electron chi connectivity index (χ2n) is 8.85. The van der Waals surface area contributed by atoms with Crippen molar-refractivity contribution in [2.75, 3.05) is 13.2 Å². The van der Waals surface area contributed by atoms with Crippen molar-refractivity contribution in [1.29, 1.82) is 0 Å². The summed E-state index contributed by atoms with van der Waals surface area (Å²) in [4.78, 5) is 11.9. The van der Waals surface area contributed by atoms with Gasteiger partial charge in [0.1, 0.15) is 5.56 Å². The molecule has 0 atom stereocenters. The van der Waals surface area contributed by atoms with Gasteiger partial charge in [-0.1, -0.05) is 91.4 Å². The van der Waals surface area contributed by atoms with E-state index in [0.29, 0.717) is 25.2 Å². The van der Waals surface area contributed by atoms with Crippen molar-refractivity contribution in [3.05, 3.63) is 11.1 Å². The van der Waals surface area contributed by atoms with E-state index in [1.54, 1.807) is 0 Å². The van der Waals surface area contributed by atoms with E-state index in [1.165, 1.54) is 38.5 Å². The van der Waals surface area contributed by atoms with Gasteiger partial charge in [-0.3, -0.25) is 0 Å². The van der Waals surface area contributed by atoms with Gasteiger partial charge in [0.2, 0.25) is 11.5 Å². The Kier molecular flexibility index (Phi) is 15.2. The highest BCUT2D eigenvalue weighted by atomic mass is 16.5. The van der Waals surface area contributed by atoms with E-state index in [9.17, 15) is 20.1 Å². The Hall–Kier alpha value is -2.11. The number of benzene rings is 1. The summed E-state index contributed by atoms with van der Waals surface area (Å²) < 4.78 is 11.9. The van der Waals surface area contributed by atoms with Crippen LogP contribution in [-0.4, -0.2) is 34.5 Å². The maximum atomic E-state index is 11.9. The minimum absolute atomic E-state index is 0.0724. The topological polar surface area (TPSA) is 96.2 Å². The van der Waals surface area contributed by atoms with E-state index in [1.807, 2.05) is 6.92 Å². The van der Waals surface area contributed by atoms with Gasteiger partial charge >= 0.3 is 5.97 Å². The second-order valence-corrected chi connectivity index (χ2v) is 8.85. The molecule has 1 rings (SSSR count). The molecule has 0 aromatic heterocycles. The molecule has 0 spiro atoms. The average Bonchev–Trinajstić information content (AvgIpc) is 2.79. The van der Waals surface area contributed by atoms with Crippen LogP contribution in [0.4, 0.5) is 0 Å². The van der Waals surface area contributed by atoms with Crippen molar-refractivity contribution in [2.45, 2.75) is 117 Å². The van der Waals surface area contributed by atoms with Gasteiger partial charge in [0.05, 0.1) is 13.2 Å². The monoisotopic (exact) mass is 466 g/mol. The van der Waals surface area contributed by atoms with E-state index in [0.717, 1.165) is 51.4 Å². The fourth-order valence-corrected chi connectivity index (χ4v) is 3.95. The largest absolute Gasteiger partial charge is 0.504 e. The van der Waals surface area contributed by atoms with E-state index in [-0.39, 0.29) is 17.1 Å². The number of phenols is 2. The molecule has 6 nitrogen and oxygen atoms in total. The molecule has 1 aromatic rings. The minimum atomic E-state index is -1.28. The van der Waals surface area contributed by atoms with Crippen LogP contribution in [0, 0.1) is 0 Å². The lowest BCUT2D eigenvalue weighted by Gasteiger charge is -2.21. The third-order valence-electron chi connectivity index (χ3n) is 5.94. The van der Waals surface area contributed by atoms with Gasteiger partial charge in [-0.05, 0) is 25.7 Å². The number of carboxylic acids is 1. The number of hydrogen-bond donors (Lipinski definition) is 3. The molecule has 190 valence electrons. The first kappa shape index (κ1) is 28.9. The molecule has 0 amide bonds. The highest BCUT2D eigenvalue weighted by Crippen LogP contribution is 2.49. The molecule has 6 heteroatoms. The van der Waals surface area contributed by atoms with Gasteiger partial charge in [0.25, 0.3) is 0 Å². The molecule has 1 aromatic carbocycles. The molecule has 0 radical (unpaired) electrons. The van der Waals surface area contributed by atoms with Crippen LogP contribution in [0.15, 0.2) is 0 Å². The molecule has 0 aliphatic carbocycles. The summed E-state index contributed by atoms with van der Waals surface area (Å²) in [6.45, 7) is 7.19. The number of carbonyl (C=O) groups is 1. The van der Waals surface area contributed by atoms with Crippen LogP contribution in [0.2, 0.25) is 0 Å². The van der Waals surface area contributed by atoms with Gasteiger partial charge in [0.15, 0.2) is 11.5 Å². The highest BCUT2D eigenvalue weighted by molar-refractivity contribution is 5.96. The molecule has 33 heavy (non-hydrogen) atoms. The first-order valence-corrected chi connectivity index (χ1v) is 13.1. The lowest BCUT2D eigenvalue weighted by atomic mass is 9.98. The van der Waals surface area contributed by atoms with Gasteiger partial charge < -0.3 is 24.8 Å². The fraction of sp³-hybridized carbons (Fsp3) is 0.741. The summed E-state index contributed by atoms with van der Waals surface area (Å²) in [5.74, 6) is -2.12. The number of unbranched alkanes of at least 4 members (excludes halogenated alkanes) is 11. The van der Waals surface area contributed by atoms with Crippen LogP contribution < -0.4 is 9.47 Å². The predicted molar refractivity (Wildman–Crippen MR) is 133 cm³/mol. The molecule has 3 N–H and O–H groups in total. The number of hydrogen-bond acceptors (Lipinski definition) is 5. The van der Waals surface area contributed by atoms with Crippen molar-refractivity contribution in [2.24, 2.45) is 0 Å². The Balaban J connectivity index is 3.01. The van der Waals surface area contributed by atoms with E-state index < -0.39 is 17.5 Å². The molecule has 0 unspecified atom stereocenters. The van der Waals surface area contributed by atoms with Crippen molar-refractivity contribution in [3.63, 3.8) is 0 Å². The number of aromatic hydroxyl groups is 2. The Bertz CT molecular complexity index is 686. The van der Waals surface area contributed by atoms with Crippen molar-refractivity contribution < 1.29 is 29.6 Å². The molecule has 0 aliphatic rings. The number of aromatic carboxylic acids is 1. The molecule has 0 saturated heterocycles. The van der Waals surface area contributed by atoms with Crippen molar-refractivity contribution >= 4 is 5.97 Å². The number of ether oxygens (including phenoxy) is 2.